The molecule has 550 valence electrons. The second-order valence-electron chi connectivity index (χ2n) is 29.4. The zero-order chi connectivity index (χ0) is 78.2. The van der Waals surface area contributed by atoms with Crippen molar-refractivity contribution in [3.05, 3.63) is 449 Å². The third-order valence-electron chi connectivity index (χ3n) is 22.0. The lowest BCUT2D eigenvalue weighted by Crippen LogP contribution is -1.96. The van der Waals surface area contributed by atoms with Gasteiger partial charge in [-0.1, -0.05) is 388 Å². The van der Waals surface area contributed by atoms with Crippen molar-refractivity contribution in [2.45, 2.75) is 6.92 Å². The lowest BCUT2D eigenvalue weighted by atomic mass is 9.92. The Hall–Kier alpha value is -15.5. The Bertz CT molecular complexity index is 7080. The van der Waals surface area contributed by atoms with Crippen molar-refractivity contribution in [1.82, 2.24) is 29.9 Å². The van der Waals surface area contributed by atoms with Crippen LogP contribution in [0.25, 0.3) is 199 Å². The minimum atomic E-state index is 0.680. The summed E-state index contributed by atoms with van der Waals surface area (Å²) in [6.45, 7) is 2.11. The smallest absolute Gasteiger partial charge is 0.160 e. The molecule has 117 heavy (non-hydrogen) atoms. The van der Waals surface area contributed by atoms with Gasteiger partial charge in [-0.15, -0.1) is 0 Å². The van der Waals surface area contributed by atoms with Crippen molar-refractivity contribution in [2.75, 3.05) is 0 Å². The molecule has 21 aromatic rings. The summed E-state index contributed by atoms with van der Waals surface area (Å²) in [4.78, 5) is 29.5. The van der Waals surface area contributed by atoms with Crippen LogP contribution in [0.4, 0.5) is 0 Å². The van der Waals surface area contributed by atoms with Gasteiger partial charge in [0.05, 0.1) is 17.1 Å². The van der Waals surface area contributed by atoms with Gasteiger partial charge in [0, 0.05) is 80.9 Å². The molecule has 0 saturated heterocycles. The molecule has 17 aromatic carbocycles. The molecule has 0 atom stereocenters. The van der Waals surface area contributed by atoms with Crippen molar-refractivity contribution in [3.8, 4) is 146 Å². The number of hydrogen-bond acceptors (Lipinski definition) is 6. The summed E-state index contributed by atoms with van der Waals surface area (Å²) in [6.07, 6.45) is 9.53. The molecule has 0 aliphatic rings. The normalized spacial score (nSPS) is 11.1. The monoisotopic (exact) mass is 1490 g/mol. The van der Waals surface area contributed by atoms with E-state index in [9.17, 15) is 0 Å². The van der Waals surface area contributed by atoms with E-state index in [1.807, 2.05) is 49.1 Å². The Balaban J connectivity index is 0.000000137. The highest BCUT2D eigenvalue weighted by atomic mass is 14.9. The zero-order valence-corrected chi connectivity index (χ0v) is 64.3. The first-order chi connectivity index (χ1) is 57.9. The average Bonchev–Trinajstić information content (AvgIpc) is 0.741. The lowest BCUT2D eigenvalue weighted by molar-refractivity contribution is 1.18. The standard InChI is InChI=1S/C55H35N3.C43H29N3.C13H12/c1-2-11-36(12-3-1)37-21-25-39(26-22-37)53-33-54(43-15-10-14-42(31-43)52-35-56-34-44-13-4-5-16-45(44)52)58-55(57-53)40-27-23-38(24-28-40)41-29-30-50-48-19-7-6-17-46(48)47-18-8-9-20-49(47)51(50)32-41;1-2-9-30(10-3-1)31-18-20-34(21-19-31)41-29-45-43(46-42(41)37-14-6-13-36(27-37)38-15-8-26-44-28-38)35-24-22-33(23-25-35)40-17-7-12-32-11-4-5-16-39(32)40;1-11-7-9-13(10-8-11)12-5-3-2-4-6-12/h1-35H;1-29H;2-10H,1H3. The van der Waals surface area contributed by atoms with Crippen LogP contribution in [-0.2, 0) is 0 Å². The third kappa shape index (κ3) is 15.3. The molecule has 0 unspecified atom stereocenters. The van der Waals surface area contributed by atoms with Gasteiger partial charge in [-0.2, -0.15) is 0 Å². The fourth-order valence-electron chi connectivity index (χ4n) is 15.9. The fourth-order valence-corrected chi connectivity index (χ4v) is 15.9. The van der Waals surface area contributed by atoms with Gasteiger partial charge in [-0.3, -0.25) is 9.97 Å². The number of pyridine rings is 2. The maximum Gasteiger partial charge on any atom is 0.160 e. The highest BCUT2D eigenvalue weighted by Crippen LogP contribution is 2.41. The van der Waals surface area contributed by atoms with E-state index in [1.165, 1.54) is 104 Å². The Morgan fingerprint density at radius 3 is 1.17 bits per heavy atom. The molecule has 21 rings (SSSR count). The van der Waals surface area contributed by atoms with E-state index in [-0.39, 0.29) is 0 Å². The molecule has 0 fully saturated rings. The number of hydrogen-bond donors (Lipinski definition) is 0. The molecule has 0 N–H and O–H groups in total. The van der Waals surface area contributed by atoms with Gasteiger partial charge in [0.15, 0.2) is 11.6 Å². The van der Waals surface area contributed by atoms with E-state index in [0.717, 1.165) is 89.2 Å². The summed E-state index contributed by atoms with van der Waals surface area (Å²) < 4.78 is 0. The van der Waals surface area contributed by atoms with Gasteiger partial charge in [0.25, 0.3) is 0 Å². The molecular formula is C111H76N6. The molecule has 0 spiro atoms. The molecular weight excluding hydrogens is 1420 g/mol. The number of benzene rings is 17. The minimum absolute atomic E-state index is 0.680. The summed E-state index contributed by atoms with van der Waals surface area (Å²) in [7, 11) is 0. The maximum absolute atomic E-state index is 5.24. The first kappa shape index (κ1) is 71.8. The van der Waals surface area contributed by atoms with Gasteiger partial charge in [-0.05, 0) is 158 Å². The van der Waals surface area contributed by atoms with Crippen LogP contribution in [0.3, 0.4) is 0 Å². The molecule has 6 heteroatoms. The summed E-state index contributed by atoms with van der Waals surface area (Å²) in [5.74, 6) is 1.37. The van der Waals surface area contributed by atoms with E-state index < -0.39 is 0 Å². The van der Waals surface area contributed by atoms with Crippen LogP contribution in [0, 0.1) is 6.92 Å². The third-order valence-corrected chi connectivity index (χ3v) is 22.0. The second-order valence-corrected chi connectivity index (χ2v) is 29.4. The van der Waals surface area contributed by atoms with Gasteiger partial charge < -0.3 is 0 Å². The molecule has 0 aliphatic heterocycles. The number of nitrogens with zero attached hydrogens (tertiary/aromatic N) is 6. The first-order valence-corrected chi connectivity index (χ1v) is 39.6. The lowest BCUT2D eigenvalue weighted by Gasteiger charge is -2.13. The van der Waals surface area contributed by atoms with E-state index in [1.54, 1.807) is 6.20 Å². The molecule has 4 aromatic heterocycles. The molecule has 0 bridgehead atoms. The van der Waals surface area contributed by atoms with Crippen LogP contribution < -0.4 is 0 Å². The Labute approximate surface area is 680 Å². The van der Waals surface area contributed by atoms with Crippen LogP contribution in [0.15, 0.2) is 443 Å². The number of rotatable bonds is 13. The predicted octanol–water partition coefficient (Wildman–Crippen LogP) is 29.2. The summed E-state index contributed by atoms with van der Waals surface area (Å²) in [6, 6.07) is 145. The largest absolute Gasteiger partial charge is 0.264 e. The topological polar surface area (TPSA) is 77.3 Å². The Morgan fingerprint density at radius 1 is 0.179 bits per heavy atom. The SMILES string of the molecule is Cc1ccc(-c2ccccc2)cc1.c1ccc(-c2ccc(-c3cc(-c4cccc(-c5cncc6ccccc56)c4)nc(-c4ccc(-c5ccc6c7ccccc7c7ccccc7c6c5)cc4)n3)cc2)cc1.c1ccc(-c2ccc(-c3cnc(-c4ccc(-c5cccc6ccccc56)cc4)nc3-c3cccc(-c4cccnc4)c3)cc2)cc1. The molecule has 4 heterocycles. The molecule has 0 aliphatic carbocycles. The van der Waals surface area contributed by atoms with Crippen molar-refractivity contribution in [3.63, 3.8) is 0 Å². The quantitative estimate of drug-likeness (QED) is 0.107. The highest BCUT2D eigenvalue weighted by Gasteiger charge is 2.19. The zero-order valence-electron chi connectivity index (χ0n) is 64.3. The summed E-state index contributed by atoms with van der Waals surface area (Å²) >= 11 is 0. The average molecular weight is 1490 g/mol. The van der Waals surface area contributed by atoms with Gasteiger partial charge in [0.2, 0.25) is 0 Å². The predicted molar refractivity (Wildman–Crippen MR) is 489 cm³/mol. The second kappa shape index (κ2) is 32.7. The van der Waals surface area contributed by atoms with Crippen molar-refractivity contribution < 1.29 is 0 Å². The van der Waals surface area contributed by atoms with Gasteiger partial charge in [0.1, 0.15) is 0 Å². The van der Waals surface area contributed by atoms with Crippen molar-refractivity contribution in [2.24, 2.45) is 0 Å². The molecule has 0 radical (unpaired) electrons. The fraction of sp³-hybridized carbons (Fsp3) is 0.00901. The highest BCUT2D eigenvalue weighted by molar-refractivity contribution is 6.26. The molecule has 6 nitrogen and oxygen atoms in total. The first-order valence-electron chi connectivity index (χ1n) is 39.6. The van der Waals surface area contributed by atoms with Crippen LogP contribution in [0.5, 0.6) is 0 Å². The number of aryl methyl sites for hydroxylation is 1. The minimum Gasteiger partial charge on any atom is -0.264 e. The molecule has 0 amide bonds. The van der Waals surface area contributed by atoms with Gasteiger partial charge >= 0.3 is 0 Å². The van der Waals surface area contributed by atoms with E-state index >= 15 is 0 Å². The Kier molecular flexibility index (Phi) is 20.0. The van der Waals surface area contributed by atoms with Gasteiger partial charge in [-0.25, -0.2) is 19.9 Å². The van der Waals surface area contributed by atoms with Crippen molar-refractivity contribution in [1.29, 1.82) is 0 Å². The van der Waals surface area contributed by atoms with Crippen LogP contribution in [-0.4, -0.2) is 29.9 Å². The number of fused-ring (bicyclic) bond motifs is 8. The van der Waals surface area contributed by atoms with Crippen molar-refractivity contribution >= 4 is 53.9 Å². The summed E-state index contributed by atoms with van der Waals surface area (Å²) in [5, 5.41) is 12.4. The number of aromatic nitrogens is 6. The van der Waals surface area contributed by atoms with Crippen LogP contribution >= 0.6 is 0 Å². The van der Waals surface area contributed by atoms with E-state index in [2.05, 4.69) is 405 Å². The van der Waals surface area contributed by atoms with E-state index in [4.69, 9.17) is 19.9 Å². The van der Waals surface area contributed by atoms with Crippen LogP contribution in [0.1, 0.15) is 5.56 Å². The Morgan fingerprint density at radius 2 is 0.573 bits per heavy atom. The van der Waals surface area contributed by atoms with Crippen LogP contribution in [0.2, 0.25) is 0 Å². The summed E-state index contributed by atoms with van der Waals surface area (Å²) in [5.41, 5.74) is 27.3. The maximum atomic E-state index is 5.24. The molecule has 0 saturated carbocycles. The van der Waals surface area contributed by atoms with E-state index in [0.29, 0.717) is 11.6 Å².